The fourth-order valence-electron chi connectivity index (χ4n) is 1.41. The molecule has 2 heterocycles. The van der Waals surface area contributed by atoms with Crippen LogP contribution in [0.15, 0.2) is 42.7 Å². The summed E-state index contributed by atoms with van der Waals surface area (Å²) in [7, 11) is 0. The second kappa shape index (κ2) is 4.66. The monoisotopic (exact) mass is 200 g/mol. The lowest BCUT2D eigenvalue weighted by molar-refractivity contribution is 0.299. The van der Waals surface area contributed by atoms with E-state index in [0.717, 1.165) is 17.0 Å². The fourth-order valence-corrected chi connectivity index (χ4v) is 1.41. The molecule has 1 N–H and O–H groups in total. The summed E-state index contributed by atoms with van der Waals surface area (Å²) in [5.74, 6) is 0. The molecule has 3 heteroatoms. The van der Waals surface area contributed by atoms with Crippen LogP contribution in [0.3, 0.4) is 0 Å². The topological polar surface area (TPSA) is 46.0 Å². The molecule has 0 spiro atoms. The first-order chi connectivity index (χ1) is 7.40. The standard InChI is InChI=1S/C12H12N2O/c15-8-5-10-4-7-14-12(9-10)11-3-1-2-6-13-11/h1-4,6-7,9,15H,5,8H2. The normalized spacial score (nSPS) is 10.2. The number of rotatable bonds is 3. The number of nitrogens with zero attached hydrogens (tertiary/aromatic N) is 2. The average Bonchev–Trinajstić information content (AvgIpc) is 2.31. The van der Waals surface area contributed by atoms with Gasteiger partial charge in [-0.05, 0) is 36.2 Å². The third kappa shape index (κ3) is 2.39. The molecule has 2 aromatic rings. The van der Waals surface area contributed by atoms with Crippen molar-refractivity contribution in [1.29, 1.82) is 0 Å². The highest BCUT2D eigenvalue weighted by molar-refractivity contribution is 5.54. The quantitative estimate of drug-likeness (QED) is 0.819. The van der Waals surface area contributed by atoms with Crippen molar-refractivity contribution in [2.75, 3.05) is 6.61 Å². The van der Waals surface area contributed by atoms with E-state index in [1.165, 1.54) is 0 Å². The Labute approximate surface area is 88.5 Å². The minimum Gasteiger partial charge on any atom is -0.396 e. The minimum atomic E-state index is 0.158. The molecule has 2 aromatic heterocycles. The molecule has 15 heavy (non-hydrogen) atoms. The smallest absolute Gasteiger partial charge is 0.0888 e. The summed E-state index contributed by atoms with van der Waals surface area (Å²) in [6, 6.07) is 9.59. The number of aromatic nitrogens is 2. The molecular formula is C12H12N2O. The lowest BCUT2D eigenvalue weighted by Gasteiger charge is -2.02. The van der Waals surface area contributed by atoms with Gasteiger partial charge in [0.1, 0.15) is 0 Å². The first-order valence-corrected chi connectivity index (χ1v) is 4.87. The zero-order valence-electron chi connectivity index (χ0n) is 8.30. The highest BCUT2D eigenvalue weighted by Crippen LogP contribution is 2.14. The maximum absolute atomic E-state index is 8.85. The van der Waals surface area contributed by atoms with E-state index in [1.54, 1.807) is 12.4 Å². The van der Waals surface area contributed by atoms with E-state index in [1.807, 2.05) is 30.3 Å². The second-order valence-electron chi connectivity index (χ2n) is 3.24. The lowest BCUT2D eigenvalue weighted by atomic mass is 10.1. The third-order valence-electron chi connectivity index (χ3n) is 2.15. The SMILES string of the molecule is OCCc1ccnc(-c2ccccn2)c1. The van der Waals surface area contributed by atoms with Crippen LogP contribution in [0.25, 0.3) is 11.4 Å². The largest absolute Gasteiger partial charge is 0.396 e. The third-order valence-corrected chi connectivity index (χ3v) is 2.15. The van der Waals surface area contributed by atoms with Gasteiger partial charge in [0.2, 0.25) is 0 Å². The van der Waals surface area contributed by atoms with Gasteiger partial charge in [-0.1, -0.05) is 6.07 Å². The Bertz CT molecular complexity index is 429. The summed E-state index contributed by atoms with van der Waals surface area (Å²) in [5, 5.41) is 8.85. The molecule has 76 valence electrons. The number of aliphatic hydroxyl groups excluding tert-OH is 1. The molecule has 0 saturated heterocycles. The maximum atomic E-state index is 8.85. The predicted molar refractivity (Wildman–Crippen MR) is 58.3 cm³/mol. The summed E-state index contributed by atoms with van der Waals surface area (Å²) in [4.78, 5) is 8.47. The molecule has 0 fully saturated rings. The summed E-state index contributed by atoms with van der Waals surface area (Å²) in [6.45, 7) is 0.158. The van der Waals surface area contributed by atoms with E-state index < -0.39 is 0 Å². The van der Waals surface area contributed by atoms with Crippen molar-refractivity contribution in [3.63, 3.8) is 0 Å². The molecule has 3 nitrogen and oxygen atoms in total. The molecule has 2 rings (SSSR count). The zero-order chi connectivity index (χ0) is 10.5. The number of pyridine rings is 2. The van der Waals surface area contributed by atoms with Crippen LogP contribution >= 0.6 is 0 Å². The van der Waals surface area contributed by atoms with Gasteiger partial charge >= 0.3 is 0 Å². The first-order valence-electron chi connectivity index (χ1n) is 4.87. The van der Waals surface area contributed by atoms with Crippen molar-refractivity contribution in [2.24, 2.45) is 0 Å². The molecule has 0 aliphatic heterocycles. The second-order valence-corrected chi connectivity index (χ2v) is 3.24. The van der Waals surface area contributed by atoms with Gasteiger partial charge in [-0.15, -0.1) is 0 Å². The van der Waals surface area contributed by atoms with Crippen molar-refractivity contribution in [1.82, 2.24) is 9.97 Å². The molecular weight excluding hydrogens is 188 g/mol. The van der Waals surface area contributed by atoms with Crippen LogP contribution in [0.5, 0.6) is 0 Å². The van der Waals surface area contributed by atoms with Gasteiger partial charge < -0.3 is 5.11 Å². The Balaban J connectivity index is 2.33. The van der Waals surface area contributed by atoms with Gasteiger partial charge in [0.15, 0.2) is 0 Å². The fraction of sp³-hybridized carbons (Fsp3) is 0.167. The van der Waals surface area contributed by atoms with Crippen molar-refractivity contribution in [2.45, 2.75) is 6.42 Å². The van der Waals surface area contributed by atoms with Gasteiger partial charge in [-0.2, -0.15) is 0 Å². The molecule has 0 unspecified atom stereocenters. The van der Waals surface area contributed by atoms with E-state index >= 15 is 0 Å². The minimum absolute atomic E-state index is 0.158. The van der Waals surface area contributed by atoms with Crippen molar-refractivity contribution < 1.29 is 5.11 Å². The summed E-state index contributed by atoms with van der Waals surface area (Å²) < 4.78 is 0. The van der Waals surface area contributed by atoms with Crippen LogP contribution < -0.4 is 0 Å². The van der Waals surface area contributed by atoms with E-state index in [-0.39, 0.29) is 6.61 Å². The number of aliphatic hydroxyl groups is 1. The molecule has 0 aliphatic carbocycles. The van der Waals surface area contributed by atoms with E-state index in [2.05, 4.69) is 9.97 Å². The van der Waals surface area contributed by atoms with Crippen LogP contribution in [0, 0.1) is 0 Å². The van der Waals surface area contributed by atoms with Gasteiger partial charge in [0.05, 0.1) is 11.4 Å². The molecule has 0 amide bonds. The van der Waals surface area contributed by atoms with Crippen molar-refractivity contribution in [3.05, 3.63) is 48.3 Å². The molecule has 0 aliphatic rings. The Morgan fingerprint density at radius 2 is 1.87 bits per heavy atom. The van der Waals surface area contributed by atoms with E-state index in [9.17, 15) is 0 Å². The van der Waals surface area contributed by atoms with Crippen molar-refractivity contribution >= 4 is 0 Å². The molecule has 0 bridgehead atoms. The molecule has 0 atom stereocenters. The molecule has 0 radical (unpaired) electrons. The van der Waals surface area contributed by atoms with E-state index in [0.29, 0.717) is 6.42 Å². The predicted octanol–water partition coefficient (Wildman–Crippen LogP) is 1.68. The zero-order valence-corrected chi connectivity index (χ0v) is 8.30. The summed E-state index contributed by atoms with van der Waals surface area (Å²) in [6.07, 6.45) is 4.15. The molecule has 0 saturated carbocycles. The Morgan fingerprint density at radius 3 is 2.60 bits per heavy atom. The van der Waals surface area contributed by atoms with Crippen LogP contribution in [-0.2, 0) is 6.42 Å². The van der Waals surface area contributed by atoms with Crippen molar-refractivity contribution in [3.8, 4) is 11.4 Å². The first kappa shape index (κ1) is 9.80. The lowest BCUT2D eigenvalue weighted by Crippen LogP contribution is -1.93. The van der Waals surface area contributed by atoms with Crippen LogP contribution in [0.1, 0.15) is 5.56 Å². The maximum Gasteiger partial charge on any atom is 0.0888 e. The van der Waals surface area contributed by atoms with Crippen LogP contribution in [-0.4, -0.2) is 21.7 Å². The number of hydrogen-bond acceptors (Lipinski definition) is 3. The van der Waals surface area contributed by atoms with Gasteiger partial charge in [-0.3, -0.25) is 9.97 Å². The summed E-state index contributed by atoms with van der Waals surface area (Å²) in [5.41, 5.74) is 2.78. The summed E-state index contributed by atoms with van der Waals surface area (Å²) >= 11 is 0. The Morgan fingerprint density at radius 1 is 1.00 bits per heavy atom. The van der Waals surface area contributed by atoms with Crippen LogP contribution in [0.2, 0.25) is 0 Å². The van der Waals surface area contributed by atoms with E-state index in [4.69, 9.17) is 5.11 Å². The Kier molecular flexibility index (Phi) is 3.05. The highest BCUT2D eigenvalue weighted by Gasteiger charge is 2.00. The van der Waals surface area contributed by atoms with Gasteiger partial charge in [-0.25, -0.2) is 0 Å². The molecule has 0 aromatic carbocycles. The van der Waals surface area contributed by atoms with Gasteiger partial charge in [0.25, 0.3) is 0 Å². The average molecular weight is 200 g/mol. The van der Waals surface area contributed by atoms with Crippen LogP contribution in [0.4, 0.5) is 0 Å². The Hall–Kier alpha value is -1.74. The highest BCUT2D eigenvalue weighted by atomic mass is 16.2. The van der Waals surface area contributed by atoms with Gasteiger partial charge in [0, 0.05) is 19.0 Å². The number of hydrogen-bond donors (Lipinski definition) is 1.